The summed E-state index contributed by atoms with van der Waals surface area (Å²) in [6.45, 7) is -0.213. The van der Waals surface area contributed by atoms with Crippen LogP contribution in [0.4, 0.5) is 0 Å². The lowest BCUT2D eigenvalue weighted by Crippen LogP contribution is -2.37. The van der Waals surface area contributed by atoms with Crippen LogP contribution in [0.25, 0.3) is 0 Å². The summed E-state index contributed by atoms with van der Waals surface area (Å²) < 4.78 is 6.16. The van der Waals surface area contributed by atoms with E-state index in [9.17, 15) is 4.79 Å². The van der Waals surface area contributed by atoms with E-state index in [0.29, 0.717) is 22.4 Å². The summed E-state index contributed by atoms with van der Waals surface area (Å²) >= 11 is 6.67. The van der Waals surface area contributed by atoms with Crippen molar-refractivity contribution < 1.29 is 9.53 Å². The van der Waals surface area contributed by atoms with E-state index in [1.807, 2.05) is 54.6 Å². The second-order valence-electron chi connectivity index (χ2n) is 8.24. The van der Waals surface area contributed by atoms with E-state index < -0.39 is 11.6 Å². The zero-order valence-electron chi connectivity index (χ0n) is 17.1. The number of fused-ring (bicyclic) bond motifs is 1. The Kier molecular flexibility index (Phi) is 5.17. The summed E-state index contributed by atoms with van der Waals surface area (Å²) in [5.41, 5.74) is 9.78. The first-order chi connectivity index (χ1) is 15.1. The van der Waals surface area contributed by atoms with E-state index in [4.69, 9.17) is 22.1 Å². The minimum absolute atomic E-state index is 0.213. The third-order valence-corrected chi connectivity index (χ3v) is 6.83. The summed E-state index contributed by atoms with van der Waals surface area (Å²) in [5, 5.41) is 0.530. The van der Waals surface area contributed by atoms with Gasteiger partial charge in [0.2, 0.25) is 0 Å². The number of halogens is 1. The second-order valence-corrected chi connectivity index (χ2v) is 8.65. The zero-order chi connectivity index (χ0) is 21.4. The number of hydrogen-bond donors (Lipinski definition) is 1. The van der Waals surface area contributed by atoms with Crippen LogP contribution in [0.3, 0.4) is 0 Å². The molecule has 4 heteroatoms. The second kappa shape index (κ2) is 7.99. The molecule has 3 nitrogen and oxygen atoms in total. The SMILES string of the molecule is NCC(=O)OC(c1ccccc1)(c1ccc([C@H]2CCC3=CC32)cc1)c1ccccc1Cl. The summed E-state index contributed by atoms with van der Waals surface area (Å²) in [5.74, 6) is 0.709. The Hall–Kier alpha value is -2.88. The van der Waals surface area contributed by atoms with Crippen LogP contribution in [0.2, 0.25) is 5.02 Å². The number of allylic oxidation sites excluding steroid dienone is 2. The number of benzene rings is 3. The Morgan fingerprint density at radius 2 is 1.65 bits per heavy atom. The van der Waals surface area contributed by atoms with Crippen LogP contribution in [0.1, 0.15) is 41.0 Å². The fourth-order valence-electron chi connectivity index (χ4n) is 4.93. The van der Waals surface area contributed by atoms with Gasteiger partial charge >= 0.3 is 5.97 Å². The normalized spacial score (nSPS) is 21.0. The van der Waals surface area contributed by atoms with Gasteiger partial charge in [-0.1, -0.05) is 96.0 Å². The van der Waals surface area contributed by atoms with Crippen molar-refractivity contribution in [1.29, 1.82) is 0 Å². The van der Waals surface area contributed by atoms with Crippen LogP contribution in [0, 0.1) is 5.92 Å². The number of ether oxygens (including phenoxy) is 1. The number of rotatable bonds is 6. The maximum absolute atomic E-state index is 12.6. The number of carbonyl (C=O) groups is 1. The minimum Gasteiger partial charge on any atom is -0.443 e. The average Bonchev–Trinajstić information content (AvgIpc) is 3.48. The molecule has 0 amide bonds. The molecule has 1 saturated carbocycles. The molecular formula is C27H24ClNO2. The van der Waals surface area contributed by atoms with E-state index >= 15 is 0 Å². The summed E-state index contributed by atoms with van der Waals surface area (Å²) in [6, 6.07) is 25.7. The first-order valence-corrected chi connectivity index (χ1v) is 11.0. The van der Waals surface area contributed by atoms with Crippen molar-refractivity contribution >= 4 is 17.6 Å². The third kappa shape index (κ3) is 3.48. The number of nitrogens with two attached hydrogens (primary N) is 1. The summed E-state index contributed by atoms with van der Waals surface area (Å²) in [7, 11) is 0. The molecule has 3 aromatic rings. The highest BCUT2D eigenvalue weighted by Crippen LogP contribution is 2.53. The molecule has 0 aliphatic heterocycles. The maximum atomic E-state index is 12.6. The lowest BCUT2D eigenvalue weighted by molar-refractivity contribution is -0.151. The van der Waals surface area contributed by atoms with Gasteiger partial charge in [0.1, 0.15) is 0 Å². The van der Waals surface area contributed by atoms with Crippen molar-refractivity contribution in [2.24, 2.45) is 11.7 Å². The topological polar surface area (TPSA) is 52.3 Å². The summed E-state index contributed by atoms with van der Waals surface area (Å²) in [6.07, 6.45) is 4.79. The molecule has 2 aliphatic carbocycles. The molecular weight excluding hydrogens is 406 g/mol. The zero-order valence-corrected chi connectivity index (χ0v) is 17.9. The highest BCUT2D eigenvalue weighted by Gasteiger charge is 2.43. The van der Waals surface area contributed by atoms with E-state index in [-0.39, 0.29) is 6.54 Å². The average molecular weight is 430 g/mol. The number of esters is 1. The van der Waals surface area contributed by atoms with Gasteiger partial charge in [0.15, 0.2) is 5.60 Å². The molecule has 2 aliphatic rings. The molecule has 0 heterocycles. The lowest BCUT2D eigenvalue weighted by Gasteiger charge is -2.36. The van der Waals surface area contributed by atoms with Crippen LogP contribution in [-0.2, 0) is 15.1 Å². The van der Waals surface area contributed by atoms with E-state index in [0.717, 1.165) is 11.1 Å². The Morgan fingerprint density at radius 1 is 0.968 bits per heavy atom. The predicted molar refractivity (Wildman–Crippen MR) is 123 cm³/mol. The monoisotopic (exact) mass is 429 g/mol. The molecule has 0 aromatic heterocycles. The minimum atomic E-state index is -1.19. The van der Waals surface area contributed by atoms with Crippen molar-refractivity contribution in [3.05, 3.63) is 118 Å². The van der Waals surface area contributed by atoms with Crippen molar-refractivity contribution in [1.82, 2.24) is 0 Å². The molecule has 0 spiro atoms. The quantitative estimate of drug-likeness (QED) is 0.316. The molecule has 3 atom stereocenters. The molecule has 5 rings (SSSR count). The van der Waals surface area contributed by atoms with Gasteiger partial charge in [0.05, 0.1) is 6.54 Å². The standard InChI is InChI=1S/C27H24ClNO2/c28-25-9-5-4-8-24(25)27(31-26(30)17-29,20-6-2-1-3-7-20)21-13-10-18(11-14-21)22-15-12-19-16-23(19)22/h1-11,13-14,16,22-23H,12,15,17,29H2/t22-,23?,27?/m1/s1. The largest absolute Gasteiger partial charge is 0.443 e. The van der Waals surface area contributed by atoms with Crippen LogP contribution in [0.5, 0.6) is 0 Å². The smallest absolute Gasteiger partial charge is 0.321 e. The number of hydrogen-bond acceptors (Lipinski definition) is 3. The fraction of sp³-hybridized carbons (Fsp3) is 0.222. The van der Waals surface area contributed by atoms with Gasteiger partial charge in [0, 0.05) is 27.6 Å². The van der Waals surface area contributed by atoms with E-state index in [1.54, 1.807) is 5.57 Å². The molecule has 2 unspecified atom stereocenters. The van der Waals surface area contributed by atoms with Crippen LogP contribution >= 0.6 is 11.6 Å². The Morgan fingerprint density at radius 3 is 2.26 bits per heavy atom. The van der Waals surface area contributed by atoms with Crippen molar-refractivity contribution in [2.45, 2.75) is 24.4 Å². The molecule has 31 heavy (non-hydrogen) atoms. The first-order valence-electron chi connectivity index (χ1n) is 10.7. The van der Waals surface area contributed by atoms with Gasteiger partial charge in [-0.2, -0.15) is 0 Å². The number of carbonyl (C=O) groups excluding carboxylic acids is 1. The van der Waals surface area contributed by atoms with Crippen LogP contribution in [-0.4, -0.2) is 12.5 Å². The highest BCUT2D eigenvalue weighted by atomic mass is 35.5. The van der Waals surface area contributed by atoms with E-state index in [1.165, 1.54) is 18.4 Å². The van der Waals surface area contributed by atoms with Gasteiger partial charge in [0.25, 0.3) is 0 Å². The maximum Gasteiger partial charge on any atom is 0.321 e. The molecule has 2 N–H and O–H groups in total. The predicted octanol–water partition coefficient (Wildman–Crippen LogP) is 5.57. The van der Waals surface area contributed by atoms with Crippen molar-refractivity contribution in [3.8, 4) is 0 Å². The van der Waals surface area contributed by atoms with E-state index in [2.05, 4.69) is 30.3 Å². The van der Waals surface area contributed by atoms with Gasteiger partial charge in [-0.3, -0.25) is 4.79 Å². The van der Waals surface area contributed by atoms with Crippen molar-refractivity contribution in [2.75, 3.05) is 6.54 Å². The Balaban J connectivity index is 1.67. The Labute approximate surface area is 187 Å². The van der Waals surface area contributed by atoms with Crippen molar-refractivity contribution in [3.63, 3.8) is 0 Å². The van der Waals surface area contributed by atoms with Gasteiger partial charge in [-0.15, -0.1) is 0 Å². The van der Waals surface area contributed by atoms with Crippen LogP contribution < -0.4 is 5.73 Å². The lowest BCUT2D eigenvalue weighted by atomic mass is 9.79. The van der Waals surface area contributed by atoms with Crippen LogP contribution in [0.15, 0.2) is 90.5 Å². The highest BCUT2D eigenvalue weighted by molar-refractivity contribution is 6.31. The first kappa shape index (κ1) is 20.0. The third-order valence-electron chi connectivity index (χ3n) is 6.50. The molecule has 3 aromatic carbocycles. The van der Waals surface area contributed by atoms with Gasteiger partial charge in [-0.25, -0.2) is 0 Å². The molecule has 0 radical (unpaired) electrons. The molecule has 1 fully saturated rings. The summed E-state index contributed by atoms with van der Waals surface area (Å²) in [4.78, 5) is 12.6. The molecule has 156 valence electrons. The molecule has 0 saturated heterocycles. The van der Waals surface area contributed by atoms with Gasteiger partial charge in [-0.05, 0) is 30.4 Å². The molecule has 0 bridgehead atoms. The fourth-order valence-corrected chi connectivity index (χ4v) is 5.20. The van der Waals surface area contributed by atoms with Gasteiger partial charge < -0.3 is 10.5 Å². The Bertz CT molecular complexity index is 1140.